The second kappa shape index (κ2) is 5.97. The molecule has 0 bridgehead atoms. The number of aromatic nitrogens is 2. The number of benzene rings is 2. The molecule has 0 spiro atoms. The van der Waals surface area contributed by atoms with Gasteiger partial charge in [-0.25, -0.2) is 13.5 Å². The molecule has 0 amide bonds. The second-order valence-electron chi connectivity index (χ2n) is 5.46. The number of hydrogen-bond donors (Lipinski definition) is 1. The maximum Gasteiger partial charge on any atom is 0.358 e. The number of anilines is 1. The van der Waals surface area contributed by atoms with Crippen molar-refractivity contribution < 1.29 is 21.4 Å². The van der Waals surface area contributed by atoms with Crippen LogP contribution in [0.5, 0.6) is 0 Å². The Bertz CT molecular complexity index is 796. The maximum absolute atomic E-state index is 13.1. The lowest BCUT2D eigenvalue weighted by Crippen LogP contribution is -3.00. The van der Waals surface area contributed by atoms with E-state index in [0.717, 1.165) is 37.6 Å². The van der Waals surface area contributed by atoms with E-state index in [1.165, 1.54) is 23.2 Å². The molecule has 114 valence electrons. The molecule has 22 heavy (non-hydrogen) atoms. The zero-order valence-electron chi connectivity index (χ0n) is 12.1. The fraction of sp³-hybridized carbons (Fsp3) is 0.235. The summed E-state index contributed by atoms with van der Waals surface area (Å²) in [5.74, 6) is 0.956. The molecule has 2 heterocycles. The molecular formula is C17H17ClFN3. The molecule has 4 rings (SSSR count). The van der Waals surface area contributed by atoms with Crippen molar-refractivity contribution in [1.29, 1.82) is 0 Å². The Labute approximate surface area is 134 Å². The highest BCUT2D eigenvalue weighted by atomic mass is 35.5. The van der Waals surface area contributed by atoms with Gasteiger partial charge in [-0.3, -0.25) is 5.32 Å². The molecule has 0 atom stereocenters. The number of nitrogens with zero attached hydrogens (tertiary/aromatic N) is 2. The number of para-hydroxylation sites is 2. The molecule has 1 aromatic heterocycles. The third kappa shape index (κ3) is 2.44. The van der Waals surface area contributed by atoms with Crippen LogP contribution < -0.4 is 22.3 Å². The molecule has 1 N–H and O–H groups in total. The van der Waals surface area contributed by atoms with Crippen molar-refractivity contribution in [2.45, 2.75) is 19.5 Å². The number of halogens is 2. The van der Waals surface area contributed by atoms with Crippen LogP contribution in [0.15, 0.2) is 48.5 Å². The second-order valence-corrected chi connectivity index (χ2v) is 5.46. The van der Waals surface area contributed by atoms with Crippen molar-refractivity contribution in [2.75, 3.05) is 11.9 Å². The van der Waals surface area contributed by atoms with Crippen LogP contribution >= 0.6 is 0 Å². The molecule has 3 aromatic rings. The molecule has 1 aliphatic heterocycles. The summed E-state index contributed by atoms with van der Waals surface area (Å²) in [6, 6.07) is 15.2. The average molecular weight is 318 g/mol. The molecule has 0 unspecified atom stereocenters. The molecule has 3 nitrogen and oxygen atoms in total. The SMILES string of the molecule is Fc1ccc(Cn2c3[n+](c4ccccc42)CCCN3)cc1.[Cl-]. The Kier molecular flexibility index (Phi) is 4.03. The predicted octanol–water partition coefficient (Wildman–Crippen LogP) is -0.0642. The first-order valence-electron chi connectivity index (χ1n) is 7.32. The van der Waals surface area contributed by atoms with E-state index in [0.29, 0.717) is 0 Å². The van der Waals surface area contributed by atoms with E-state index < -0.39 is 0 Å². The molecule has 2 aromatic carbocycles. The summed E-state index contributed by atoms with van der Waals surface area (Å²) >= 11 is 0. The molecule has 0 fully saturated rings. The van der Waals surface area contributed by atoms with Gasteiger partial charge in [0, 0.05) is 6.42 Å². The first kappa shape index (κ1) is 14.9. The maximum atomic E-state index is 13.1. The third-order valence-corrected chi connectivity index (χ3v) is 4.07. The van der Waals surface area contributed by atoms with Crippen LogP contribution in [-0.2, 0) is 13.1 Å². The Morgan fingerprint density at radius 2 is 1.86 bits per heavy atom. The van der Waals surface area contributed by atoms with E-state index in [9.17, 15) is 4.39 Å². The Balaban J connectivity index is 0.00000144. The van der Waals surface area contributed by atoms with Gasteiger partial charge in [0.25, 0.3) is 0 Å². The molecule has 0 aliphatic carbocycles. The Hall–Kier alpha value is -2.07. The van der Waals surface area contributed by atoms with Crippen LogP contribution in [0.25, 0.3) is 11.0 Å². The summed E-state index contributed by atoms with van der Waals surface area (Å²) in [4.78, 5) is 0. The van der Waals surface area contributed by atoms with Crippen molar-refractivity contribution in [3.8, 4) is 0 Å². The quantitative estimate of drug-likeness (QED) is 0.657. The van der Waals surface area contributed by atoms with Crippen LogP contribution in [0.4, 0.5) is 10.3 Å². The number of aryl methyl sites for hydroxylation is 1. The summed E-state index contributed by atoms with van der Waals surface area (Å²) in [7, 11) is 0. The van der Waals surface area contributed by atoms with Gasteiger partial charge in [0.05, 0.1) is 19.6 Å². The highest BCUT2D eigenvalue weighted by Gasteiger charge is 2.25. The molecule has 0 saturated heterocycles. The van der Waals surface area contributed by atoms with E-state index in [1.54, 1.807) is 0 Å². The summed E-state index contributed by atoms with van der Waals surface area (Å²) in [6.07, 6.45) is 1.14. The van der Waals surface area contributed by atoms with Crippen LogP contribution in [0.1, 0.15) is 12.0 Å². The van der Waals surface area contributed by atoms with Gasteiger partial charge in [0.15, 0.2) is 0 Å². The highest BCUT2D eigenvalue weighted by molar-refractivity contribution is 5.74. The lowest BCUT2D eigenvalue weighted by molar-refractivity contribution is -0.661. The molecule has 5 heteroatoms. The van der Waals surface area contributed by atoms with Crippen molar-refractivity contribution in [2.24, 2.45) is 0 Å². The zero-order valence-corrected chi connectivity index (χ0v) is 12.9. The van der Waals surface area contributed by atoms with Crippen LogP contribution in [0.2, 0.25) is 0 Å². The van der Waals surface area contributed by atoms with E-state index in [4.69, 9.17) is 0 Å². The Morgan fingerprint density at radius 1 is 1.09 bits per heavy atom. The van der Waals surface area contributed by atoms with Crippen molar-refractivity contribution in [3.05, 3.63) is 59.9 Å². The summed E-state index contributed by atoms with van der Waals surface area (Å²) in [6.45, 7) is 2.79. The minimum Gasteiger partial charge on any atom is -1.00 e. The van der Waals surface area contributed by atoms with Gasteiger partial charge < -0.3 is 12.4 Å². The fourth-order valence-electron chi connectivity index (χ4n) is 3.08. The van der Waals surface area contributed by atoms with E-state index in [2.05, 4.69) is 38.7 Å². The number of fused-ring (bicyclic) bond motifs is 3. The van der Waals surface area contributed by atoms with Crippen molar-refractivity contribution in [1.82, 2.24) is 4.57 Å². The number of rotatable bonds is 2. The van der Waals surface area contributed by atoms with Crippen LogP contribution in [0.3, 0.4) is 0 Å². The lowest BCUT2D eigenvalue weighted by atomic mass is 10.2. The van der Waals surface area contributed by atoms with Crippen LogP contribution in [0, 0.1) is 5.82 Å². The molecular weight excluding hydrogens is 301 g/mol. The average Bonchev–Trinajstić information content (AvgIpc) is 2.85. The van der Waals surface area contributed by atoms with Gasteiger partial charge in [0.1, 0.15) is 16.9 Å². The Morgan fingerprint density at radius 3 is 2.68 bits per heavy atom. The van der Waals surface area contributed by atoms with E-state index in [1.807, 2.05) is 12.1 Å². The van der Waals surface area contributed by atoms with Gasteiger partial charge in [0.2, 0.25) is 0 Å². The van der Waals surface area contributed by atoms with Crippen molar-refractivity contribution >= 4 is 17.0 Å². The third-order valence-electron chi connectivity index (χ3n) is 4.07. The lowest BCUT2D eigenvalue weighted by Gasteiger charge is -2.11. The first-order chi connectivity index (χ1) is 10.3. The summed E-state index contributed by atoms with van der Waals surface area (Å²) < 4.78 is 17.7. The van der Waals surface area contributed by atoms with Crippen molar-refractivity contribution in [3.63, 3.8) is 0 Å². The van der Waals surface area contributed by atoms with Gasteiger partial charge in [-0.05, 0) is 29.8 Å². The van der Waals surface area contributed by atoms with Gasteiger partial charge in [-0.1, -0.05) is 24.3 Å². The monoisotopic (exact) mass is 317 g/mol. The number of imidazole rings is 1. The van der Waals surface area contributed by atoms with Gasteiger partial charge >= 0.3 is 5.95 Å². The topological polar surface area (TPSA) is 20.8 Å². The normalized spacial score (nSPS) is 13.3. The van der Waals surface area contributed by atoms with Gasteiger partial charge in [-0.2, -0.15) is 0 Å². The number of hydrogen-bond acceptors (Lipinski definition) is 1. The van der Waals surface area contributed by atoms with E-state index >= 15 is 0 Å². The number of nitrogens with one attached hydrogen (secondary N) is 1. The van der Waals surface area contributed by atoms with Gasteiger partial charge in [-0.15, -0.1) is 0 Å². The zero-order chi connectivity index (χ0) is 14.2. The first-order valence-corrected chi connectivity index (χ1v) is 7.32. The largest absolute Gasteiger partial charge is 1.00 e. The summed E-state index contributed by atoms with van der Waals surface area (Å²) in [5.41, 5.74) is 3.57. The minimum atomic E-state index is -0.189. The molecule has 0 saturated carbocycles. The van der Waals surface area contributed by atoms with E-state index in [-0.39, 0.29) is 18.2 Å². The fourth-order valence-corrected chi connectivity index (χ4v) is 3.08. The minimum absolute atomic E-state index is 0. The standard InChI is InChI=1S/C17H16FN3.ClH/c18-14-8-6-13(7-9-14)12-21-16-5-2-1-4-15(16)20-11-3-10-19-17(20)21;/h1-2,4-9H,3,10-12H2;1H. The smallest absolute Gasteiger partial charge is 0.358 e. The molecule has 0 radical (unpaired) electrons. The predicted molar refractivity (Wildman–Crippen MR) is 80.7 cm³/mol. The highest BCUT2D eigenvalue weighted by Crippen LogP contribution is 2.21. The van der Waals surface area contributed by atoms with Crippen LogP contribution in [-0.4, -0.2) is 11.1 Å². The molecule has 1 aliphatic rings. The summed E-state index contributed by atoms with van der Waals surface area (Å²) in [5, 5.41) is 3.50.